The maximum absolute atomic E-state index is 12.9. The predicted molar refractivity (Wildman–Crippen MR) is 93.4 cm³/mol. The summed E-state index contributed by atoms with van der Waals surface area (Å²) in [4.78, 5) is 18.9. The molecule has 1 aromatic carbocycles. The second kappa shape index (κ2) is 6.99. The van der Waals surface area contributed by atoms with E-state index in [-0.39, 0.29) is 17.1 Å². The van der Waals surface area contributed by atoms with E-state index in [2.05, 4.69) is 11.9 Å². The molecule has 1 unspecified atom stereocenters. The molecule has 1 aliphatic rings. The first-order valence-electron chi connectivity index (χ1n) is 8.13. The first kappa shape index (κ1) is 17.0. The van der Waals surface area contributed by atoms with Gasteiger partial charge in [0.25, 0.3) is 0 Å². The molecule has 24 heavy (non-hydrogen) atoms. The number of amides is 1. The largest absolute Gasteiger partial charge is 0.342 e. The van der Waals surface area contributed by atoms with Gasteiger partial charge in [0.05, 0.1) is 17.1 Å². The summed E-state index contributed by atoms with van der Waals surface area (Å²) in [6.45, 7) is 4.24. The van der Waals surface area contributed by atoms with Crippen LogP contribution in [0.4, 0.5) is 4.39 Å². The van der Waals surface area contributed by atoms with Crippen molar-refractivity contribution in [1.82, 2.24) is 9.88 Å². The Balaban J connectivity index is 1.58. The molecule has 2 heterocycles. The third kappa shape index (κ3) is 3.99. The number of hydrogen-bond donors (Lipinski definition) is 1. The van der Waals surface area contributed by atoms with Crippen molar-refractivity contribution in [2.45, 2.75) is 26.2 Å². The summed E-state index contributed by atoms with van der Waals surface area (Å²) >= 11 is 1.54. The number of rotatable bonds is 5. The molecule has 1 saturated heterocycles. The van der Waals surface area contributed by atoms with E-state index >= 15 is 0 Å². The van der Waals surface area contributed by atoms with E-state index in [1.165, 1.54) is 12.1 Å². The van der Waals surface area contributed by atoms with Gasteiger partial charge >= 0.3 is 0 Å². The zero-order valence-corrected chi connectivity index (χ0v) is 14.6. The van der Waals surface area contributed by atoms with E-state index in [4.69, 9.17) is 5.73 Å². The Morgan fingerprint density at radius 3 is 2.83 bits per heavy atom. The van der Waals surface area contributed by atoms with Gasteiger partial charge in [-0.15, -0.1) is 11.3 Å². The minimum Gasteiger partial charge on any atom is -0.342 e. The Kier molecular flexibility index (Phi) is 4.96. The number of likely N-dealkylation sites (tertiary alicyclic amines) is 1. The molecule has 4 nitrogen and oxygen atoms in total. The van der Waals surface area contributed by atoms with Gasteiger partial charge in [0, 0.05) is 24.9 Å². The monoisotopic (exact) mass is 347 g/mol. The van der Waals surface area contributed by atoms with Crippen molar-refractivity contribution in [2.24, 2.45) is 11.1 Å². The molecule has 1 aromatic heterocycles. The molecular weight excluding hydrogens is 325 g/mol. The molecule has 0 spiro atoms. The highest BCUT2D eigenvalue weighted by Gasteiger charge is 2.34. The Morgan fingerprint density at radius 2 is 2.17 bits per heavy atom. The maximum atomic E-state index is 12.9. The Hall–Kier alpha value is -1.79. The van der Waals surface area contributed by atoms with E-state index in [0.717, 1.165) is 35.8 Å². The van der Waals surface area contributed by atoms with Gasteiger partial charge in [0.15, 0.2) is 0 Å². The quantitative estimate of drug-likeness (QED) is 0.904. The zero-order valence-electron chi connectivity index (χ0n) is 13.8. The summed E-state index contributed by atoms with van der Waals surface area (Å²) in [6.07, 6.45) is 1.96. The fraction of sp³-hybridized carbons (Fsp3) is 0.444. The molecule has 128 valence electrons. The van der Waals surface area contributed by atoms with Crippen LogP contribution in [0.15, 0.2) is 29.6 Å². The fourth-order valence-corrected chi connectivity index (χ4v) is 3.79. The third-order valence-corrected chi connectivity index (χ3v) is 5.50. The van der Waals surface area contributed by atoms with Gasteiger partial charge in [-0.05, 0) is 36.1 Å². The van der Waals surface area contributed by atoms with Gasteiger partial charge in [-0.3, -0.25) is 4.79 Å². The summed E-state index contributed by atoms with van der Waals surface area (Å²) in [7, 11) is 0. The smallest absolute Gasteiger partial charge is 0.228 e. The van der Waals surface area contributed by atoms with E-state index in [1.807, 2.05) is 10.3 Å². The highest BCUT2D eigenvalue weighted by molar-refractivity contribution is 7.09. The number of benzene rings is 1. The lowest BCUT2D eigenvalue weighted by Gasteiger charge is -2.22. The van der Waals surface area contributed by atoms with E-state index < -0.39 is 0 Å². The summed E-state index contributed by atoms with van der Waals surface area (Å²) in [5.74, 6) is -0.120. The van der Waals surface area contributed by atoms with E-state index in [1.54, 1.807) is 23.5 Å². The van der Waals surface area contributed by atoms with Crippen LogP contribution in [0.2, 0.25) is 0 Å². The molecule has 6 heteroatoms. The second-order valence-electron chi connectivity index (χ2n) is 6.79. The normalized spacial score (nSPS) is 20.5. The topological polar surface area (TPSA) is 59.2 Å². The lowest BCUT2D eigenvalue weighted by Crippen LogP contribution is -2.35. The van der Waals surface area contributed by atoms with Crippen LogP contribution in [0.25, 0.3) is 0 Å². The van der Waals surface area contributed by atoms with Gasteiger partial charge in [-0.2, -0.15) is 0 Å². The molecule has 1 aliphatic heterocycles. The number of nitrogens with zero attached hydrogens (tertiary/aromatic N) is 2. The molecular formula is C18H22FN3OS. The number of nitrogens with two attached hydrogens (primary N) is 1. The zero-order chi connectivity index (χ0) is 17.2. The molecule has 1 amide bonds. The molecule has 0 radical (unpaired) electrons. The first-order chi connectivity index (χ1) is 11.5. The summed E-state index contributed by atoms with van der Waals surface area (Å²) < 4.78 is 12.9. The first-order valence-corrected chi connectivity index (χ1v) is 9.01. The number of aromatic nitrogens is 1. The van der Waals surface area contributed by atoms with Crippen molar-refractivity contribution in [3.8, 4) is 0 Å². The van der Waals surface area contributed by atoms with Gasteiger partial charge in [0.1, 0.15) is 5.82 Å². The summed E-state index contributed by atoms with van der Waals surface area (Å²) in [5, 5.41) is 2.88. The van der Waals surface area contributed by atoms with Crippen LogP contribution in [-0.4, -0.2) is 35.4 Å². The number of hydrogen-bond acceptors (Lipinski definition) is 4. The average Bonchev–Trinajstić information content (AvgIpc) is 3.17. The van der Waals surface area contributed by atoms with Crippen molar-refractivity contribution in [3.05, 3.63) is 51.7 Å². The Morgan fingerprint density at radius 1 is 1.42 bits per heavy atom. The van der Waals surface area contributed by atoms with Crippen LogP contribution in [0.5, 0.6) is 0 Å². The van der Waals surface area contributed by atoms with Gasteiger partial charge in [0.2, 0.25) is 5.91 Å². The molecule has 0 saturated carbocycles. The molecule has 1 atom stereocenters. The Labute approximate surface area is 145 Å². The minimum atomic E-state index is -0.237. The highest BCUT2D eigenvalue weighted by atomic mass is 32.1. The minimum absolute atomic E-state index is 0.0471. The van der Waals surface area contributed by atoms with Crippen LogP contribution >= 0.6 is 11.3 Å². The van der Waals surface area contributed by atoms with Gasteiger partial charge in [-0.1, -0.05) is 19.1 Å². The fourth-order valence-electron chi connectivity index (χ4n) is 2.96. The Bertz CT molecular complexity index is 715. The third-order valence-electron chi connectivity index (χ3n) is 4.60. The summed E-state index contributed by atoms with van der Waals surface area (Å²) in [6, 6.07) is 6.43. The van der Waals surface area contributed by atoms with E-state index in [0.29, 0.717) is 19.4 Å². The van der Waals surface area contributed by atoms with Gasteiger partial charge in [-0.25, -0.2) is 9.37 Å². The maximum Gasteiger partial charge on any atom is 0.228 e. The molecule has 1 fully saturated rings. The molecule has 2 N–H and O–H groups in total. The van der Waals surface area contributed by atoms with Crippen LogP contribution < -0.4 is 5.73 Å². The van der Waals surface area contributed by atoms with Crippen LogP contribution in [0, 0.1) is 11.2 Å². The lowest BCUT2D eigenvalue weighted by atomic mass is 9.90. The standard InChI is InChI=1S/C18H22FN3OS/c1-18(11-20)6-7-22(12-18)17(23)9-15-10-24-16(21-15)8-13-2-4-14(19)5-3-13/h2-5,10H,6-9,11-12,20H2,1H3. The van der Waals surface area contributed by atoms with Crippen molar-refractivity contribution in [2.75, 3.05) is 19.6 Å². The van der Waals surface area contributed by atoms with Crippen molar-refractivity contribution >= 4 is 17.2 Å². The average molecular weight is 347 g/mol. The van der Waals surface area contributed by atoms with Crippen LogP contribution in [-0.2, 0) is 17.6 Å². The van der Waals surface area contributed by atoms with Crippen molar-refractivity contribution in [3.63, 3.8) is 0 Å². The lowest BCUT2D eigenvalue weighted by molar-refractivity contribution is -0.129. The molecule has 2 aromatic rings. The summed E-state index contributed by atoms with van der Waals surface area (Å²) in [5.41, 5.74) is 7.67. The molecule has 0 bridgehead atoms. The van der Waals surface area contributed by atoms with Crippen molar-refractivity contribution < 1.29 is 9.18 Å². The van der Waals surface area contributed by atoms with Gasteiger partial charge < -0.3 is 10.6 Å². The number of halogens is 1. The highest BCUT2D eigenvalue weighted by Crippen LogP contribution is 2.29. The van der Waals surface area contributed by atoms with Crippen molar-refractivity contribution in [1.29, 1.82) is 0 Å². The predicted octanol–water partition coefficient (Wildman–Crippen LogP) is 2.61. The SMILES string of the molecule is CC1(CN)CCN(C(=O)Cc2csc(Cc3ccc(F)cc3)n2)C1. The van der Waals surface area contributed by atoms with Crippen LogP contribution in [0.3, 0.4) is 0 Å². The molecule has 3 rings (SSSR count). The number of thiazole rings is 1. The van der Waals surface area contributed by atoms with E-state index in [9.17, 15) is 9.18 Å². The second-order valence-corrected chi connectivity index (χ2v) is 7.74. The molecule has 0 aliphatic carbocycles. The number of carbonyl (C=O) groups excluding carboxylic acids is 1. The number of carbonyl (C=O) groups is 1. The van der Waals surface area contributed by atoms with Crippen LogP contribution in [0.1, 0.15) is 29.6 Å².